The quantitative estimate of drug-likeness (QED) is 0.525. The van der Waals surface area contributed by atoms with Crippen molar-refractivity contribution in [1.29, 1.82) is 0 Å². The third-order valence-electron chi connectivity index (χ3n) is 5.49. The zero-order valence-electron chi connectivity index (χ0n) is 16.7. The van der Waals surface area contributed by atoms with E-state index in [9.17, 15) is 14.3 Å². The van der Waals surface area contributed by atoms with E-state index < -0.39 is 0 Å². The maximum atomic E-state index is 13.1. The molecular weight excluding hydrogens is 415 g/mol. The summed E-state index contributed by atoms with van der Waals surface area (Å²) in [7, 11) is 1.74. The van der Waals surface area contributed by atoms with Gasteiger partial charge in [0.1, 0.15) is 10.8 Å². The smallest absolute Gasteiger partial charge is 0.274 e. The topological polar surface area (TPSA) is 71.2 Å². The van der Waals surface area contributed by atoms with Crippen molar-refractivity contribution in [2.24, 2.45) is 0 Å². The van der Waals surface area contributed by atoms with E-state index in [1.165, 1.54) is 23.5 Å². The molecule has 1 aliphatic heterocycles. The van der Waals surface area contributed by atoms with Gasteiger partial charge in [0.2, 0.25) is 0 Å². The molecule has 1 N–H and O–H groups in total. The molecular formula is C23H19FN4O2S. The average Bonchev–Trinajstić information content (AvgIpc) is 3.37. The summed E-state index contributed by atoms with van der Waals surface area (Å²) in [4.78, 5) is 14.4. The molecule has 2 aromatic heterocycles. The first-order chi connectivity index (χ1) is 15.0. The van der Waals surface area contributed by atoms with Crippen LogP contribution in [-0.4, -0.2) is 44.3 Å². The first kappa shape index (κ1) is 19.4. The zero-order valence-corrected chi connectivity index (χ0v) is 17.5. The number of rotatable bonds is 4. The molecule has 156 valence electrons. The molecule has 0 saturated heterocycles. The number of aromatic hydroxyl groups is 1. The van der Waals surface area contributed by atoms with Gasteiger partial charge in [0.15, 0.2) is 16.5 Å². The zero-order chi connectivity index (χ0) is 21.5. The summed E-state index contributed by atoms with van der Waals surface area (Å²) in [6.45, 7) is 0.509. The van der Waals surface area contributed by atoms with Crippen LogP contribution >= 0.6 is 11.3 Å². The van der Waals surface area contributed by atoms with Gasteiger partial charge in [-0.25, -0.2) is 4.39 Å². The van der Waals surface area contributed by atoms with Gasteiger partial charge in [-0.15, -0.1) is 10.2 Å². The van der Waals surface area contributed by atoms with Crippen LogP contribution in [0, 0.1) is 5.82 Å². The molecule has 6 nitrogen and oxygen atoms in total. The molecule has 0 fully saturated rings. The number of amides is 1. The van der Waals surface area contributed by atoms with Gasteiger partial charge in [-0.05, 0) is 23.3 Å². The summed E-state index contributed by atoms with van der Waals surface area (Å²) < 4.78 is 15.0. The summed E-state index contributed by atoms with van der Waals surface area (Å²) in [6, 6.07) is 16.0. The normalized spacial score (nSPS) is 15.9. The Kier molecular flexibility index (Phi) is 4.78. The summed E-state index contributed by atoms with van der Waals surface area (Å²) in [5.74, 6) is -0.595. The maximum Gasteiger partial charge on any atom is 0.274 e. The van der Waals surface area contributed by atoms with E-state index in [0.717, 1.165) is 16.1 Å². The van der Waals surface area contributed by atoms with E-state index in [0.29, 0.717) is 23.5 Å². The van der Waals surface area contributed by atoms with Crippen LogP contribution in [-0.2, 0) is 6.42 Å². The Morgan fingerprint density at radius 2 is 1.87 bits per heavy atom. The van der Waals surface area contributed by atoms with Crippen LogP contribution in [0.4, 0.5) is 4.39 Å². The number of carbonyl (C=O) groups excluding carboxylic acids is 1. The van der Waals surface area contributed by atoms with Crippen LogP contribution in [0.3, 0.4) is 0 Å². The van der Waals surface area contributed by atoms with Crippen molar-refractivity contribution >= 4 is 17.2 Å². The van der Waals surface area contributed by atoms with Crippen molar-refractivity contribution < 1.29 is 14.3 Å². The van der Waals surface area contributed by atoms with Gasteiger partial charge in [0.05, 0.1) is 11.6 Å². The van der Waals surface area contributed by atoms with Gasteiger partial charge >= 0.3 is 0 Å². The van der Waals surface area contributed by atoms with Crippen molar-refractivity contribution in [3.8, 4) is 16.3 Å². The molecule has 3 heterocycles. The van der Waals surface area contributed by atoms with Crippen molar-refractivity contribution in [1.82, 2.24) is 19.7 Å². The van der Waals surface area contributed by atoms with E-state index in [1.54, 1.807) is 30.3 Å². The minimum atomic E-state index is -0.284. The highest BCUT2D eigenvalue weighted by Crippen LogP contribution is 2.41. The van der Waals surface area contributed by atoms with Crippen LogP contribution in [0.25, 0.3) is 10.6 Å². The minimum absolute atomic E-state index is 0.0815. The molecule has 1 atom stereocenters. The fraction of sp³-hybridized carbons (Fsp3) is 0.174. The lowest BCUT2D eigenvalue weighted by atomic mass is 10.0. The summed E-state index contributed by atoms with van der Waals surface area (Å²) in [5, 5.41) is 20.7. The van der Waals surface area contributed by atoms with Crippen LogP contribution in [0.2, 0.25) is 0 Å². The fourth-order valence-electron chi connectivity index (χ4n) is 3.89. The predicted molar refractivity (Wildman–Crippen MR) is 116 cm³/mol. The van der Waals surface area contributed by atoms with E-state index in [-0.39, 0.29) is 29.2 Å². The number of halogens is 1. The predicted octanol–water partition coefficient (Wildman–Crippen LogP) is 4.12. The summed E-state index contributed by atoms with van der Waals surface area (Å²) in [6.07, 6.45) is 2.30. The Morgan fingerprint density at radius 1 is 1.13 bits per heavy atom. The molecule has 0 bridgehead atoms. The largest absolute Gasteiger partial charge is 0.505 e. The first-order valence-corrected chi connectivity index (χ1v) is 10.6. The second-order valence-corrected chi connectivity index (χ2v) is 8.63. The molecule has 0 radical (unpaired) electrons. The molecule has 31 heavy (non-hydrogen) atoms. The van der Waals surface area contributed by atoms with Crippen LogP contribution in [0.15, 0.2) is 60.8 Å². The maximum absolute atomic E-state index is 13.1. The van der Waals surface area contributed by atoms with Crippen LogP contribution < -0.4 is 0 Å². The first-order valence-electron chi connectivity index (χ1n) is 9.82. The molecule has 8 heteroatoms. The van der Waals surface area contributed by atoms with Crippen molar-refractivity contribution in [2.75, 3.05) is 13.6 Å². The molecule has 2 aromatic carbocycles. The Labute approximate surface area is 182 Å². The minimum Gasteiger partial charge on any atom is -0.505 e. The van der Waals surface area contributed by atoms with Gasteiger partial charge in [0.25, 0.3) is 5.91 Å². The van der Waals surface area contributed by atoms with E-state index in [2.05, 4.69) is 10.2 Å². The lowest BCUT2D eigenvalue weighted by molar-refractivity contribution is 0.0728. The van der Waals surface area contributed by atoms with Gasteiger partial charge in [-0.3, -0.25) is 4.79 Å². The van der Waals surface area contributed by atoms with Crippen molar-refractivity contribution in [3.05, 3.63) is 88.4 Å². The number of likely N-dealkylation sites (N-methyl/N-ethyl adjacent to an activating group) is 1. The highest BCUT2D eigenvalue weighted by atomic mass is 32.1. The van der Waals surface area contributed by atoms with E-state index >= 15 is 0 Å². The Hall–Kier alpha value is -3.52. The second kappa shape index (κ2) is 7.63. The van der Waals surface area contributed by atoms with Crippen molar-refractivity contribution in [3.63, 3.8) is 0 Å². The van der Waals surface area contributed by atoms with Crippen molar-refractivity contribution in [2.45, 2.75) is 12.5 Å². The monoisotopic (exact) mass is 434 g/mol. The number of aromatic nitrogens is 3. The molecule has 1 aliphatic rings. The van der Waals surface area contributed by atoms with Crippen LogP contribution in [0.5, 0.6) is 5.75 Å². The Morgan fingerprint density at radius 3 is 2.61 bits per heavy atom. The highest BCUT2D eigenvalue weighted by Gasteiger charge is 2.35. The molecule has 5 rings (SSSR count). The average molecular weight is 434 g/mol. The number of hydrogen-bond acceptors (Lipinski definition) is 5. The number of carbonyl (C=O) groups is 1. The highest BCUT2D eigenvalue weighted by molar-refractivity contribution is 7.14. The fourth-order valence-corrected chi connectivity index (χ4v) is 4.78. The number of fused-ring (bicyclic) bond motifs is 1. The molecule has 0 aliphatic carbocycles. The molecule has 1 amide bonds. The van der Waals surface area contributed by atoms with E-state index in [4.69, 9.17) is 0 Å². The molecule has 0 unspecified atom stereocenters. The van der Waals surface area contributed by atoms with Crippen LogP contribution in [0.1, 0.15) is 32.7 Å². The number of benzene rings is 2. The third kappa shape index (κ3) is 3.48. The standard InChI is InChI=1S/C23H19FN4O2S/c1-27-13-18(15-5-3-2-4-6-15)28-12-17(21(29)20(28)23(27)30)22-26-25-19(31-22)11-14-7-9-16(24)10-8-14/h2-10,12,18,29H,11,13H2,1H3/t18-/m1/s1. The lowest BCUT2D eigenvalue weighted by Crippen LogP contribution is -2.40. The van der Waals surface area contributed by atoms with Gasteiger partial charge < -0.3 is 14.6 Å². The third-order valence-corrected chi connectivity index (χ3v) is 6.44. The van der Waals surface area contributed by atoms with Gasteiger partial charge in [-0.1, -0.05) is 53.8 Å². The van der Waals surface area contributed by atoms with Gasteiger partial charge in [-0.2, -0.15) is 0 Å². The second-order valence-electron chi connectivity index (χ2n) is 7.56. The molecule has 0 spiro atoms. The summed E-state index contributed by atoms with van der Waals surface area (Å²) >= 11 is 1.35. The number of hydrogen-bond donors (Lipinski definition) is 1. The Balaban J connectivity index is 1.52. The van der Waals surface area contributed by atoms with Gasteiger partial charge in [0, 0.05) is 26.2 Å². The molecule has 4 aromatic rings. The lowest BCUT2D eigenvalue weighted by Gasteiger charge is -2.32. The van der Waals surface area contributed by atoms with E-state index in [1.807, 2.05) is 34.9 Å². The molecule has 0 saturated carbocycles. The SMILES string of the molecule is CN1C[C@H](c2ccccc2)n2cc(-c3nnc(Cc4ccc(F)cc4)s3)c(O)c2C1=O. The summed E-state index contributed by atoms with van der Waals surface area (Å²) in [5.41, 5.74) is 2.72. The number of nitrogens with zero attached hydrogens (tertiary/aromatic N) is 4. The Bertz CT molecular complexity index is 1250.